The average molecular weight is 291 g/mol. The van der Waals surface area contributed by atoms with Crippen LogP contribution < -0.4 is 11.1 Å². The van der Waals surface area contributed by atoms with Gasteiger partial charge in [0.2, 0.25) is 0 Å². The number of anilines is 2. The zero-order valence-corrected chi connectivity index (χ0v) is 12.5. The summed E-state index contributed by atoms with van der Waals surface area (Å²) in [6, 6.07) is 3.61. The molecule has 1 heterocycles. The third-order valence-corrected chi connectivity index (χ3v) is 3.82. The molecule has 1 aromatic heterocycles. The van der Waals surface area contributed by atoms with E-state index in [0.29, 0.717) is 17.8 Å². The van der Waals surface area contributed by atoms with E-state index in [2.05, 4.69) is 10.3 Å². The number of hydrogen-bond acceptors (Lipinski definition) is 6. The van der Waals surface area contributed by atoms with E-state index in [1.807, 2.05) is 26.1 Å². The van der Waals surface area contributed by atoms with Gasteiger partial charge in [-0.1, -0.05) is 0 Å². The average Bonchev–Trinajstić information content (AvgIpc) is 2.85. The van der Waals surface area contributed by atoms with Crippen molar-refractivity contribution >= 4 is 28.7 Å². The van der Waals surface area contributed by atoms with Crippen molar-refractivity contribution in [3.8, 4) is 0 Å². The SMILES string of the molecule is COC(=O)c1cc(NCc2ncc(C)s2)cc(C)c1N. The maximum atomic E-state index is 11.7. The van der Waals surface area contributed by atoms with Gasteiger partial charge in [0.05, 0.1) is 19.2 Å². The maximum Gasteiger partial charge on any atom is 0.340 e. The molecule has 2 rings (SSSR count). The van der Waals surface area contributed by atoms with Crippen molar-refractivity contribution in [2.45, 2.75) is 20.4 Å². The molecule has 0 atom stereocenters. The number of ether oxygens (including phenoxy) is 1. The van der Waals surface area contributed by atoms with Crippen LogP contribution in [0.5, 0.6) is 0 Å². The highest BCUT2D eigenvalue weighted by Gasteiger charge is 2.13. The summed E-state index contributed by atoms with van der Waals surface area (Å²) in [5, 5.41) is 4.24. The molecule has 0 unspecified atom stereocenters. The molecule has 106 valence electrons. The van der Waals surface area contributed by atoms with Crippen molar-refractivity contribution in [3.63, 3.8) is 0 Å². The van der Waals surface area contributed by atoms with E-state index in [9.17, 15) is 4.79 Å². The number of nitrogen functional groups attached to an aromatic ring is 1. The maximum absolute atomic E-state index is 11.7. The molecule has 20 heavy (non-hydrogen) atoms. The van der Waals surface area contributed by atoms with E-state index in [0.717, 1.165) is 16.3 Å². The molecule has 0 fully saturated rings. The number of benzene rings is 1. The van der Waals surface area contributed by atoms with Gasteiger partial charge in [-0.05, 0) is 31.5 Å². The van der Waals surface area contributed by atoms with E-state index >= 15 is 0 Å². The van der Waals surface area contributed by atoms with Crippen LogP contribution in [-0.4, -0.2) is 18.1 Å². The fraction of sp³-hybridized carbons (Fsp3) is 0.286. The van der Waals surface area contributed by atoms with Crippen molar-refractivity contribution < 1.29 is 9.53 Å². The van der Waals surface area contributed by atoms with Gasteiger partial charge in [0.15, 0.2) is 0 Å². The Balaban J connectivity index is 2.19. The largest absolute Gasteiger partial charge is 0.465 e. The van der Waals surface area contributed by atoms with Crippen LogP contribution in [0.15, 0.2) is 18.3 Å². The summed E-state index contributed by atoms with van der Waals surface area (Å²) in [5.41, 5.74) is 8.39. The van der Waals surface area contributed by atoms with Crippen molar-refractivity contribution in [2.24, 2.45) is 0 Å². The number of carbonyl (C=O) groups excluding carboxylic acids is 1. The summed E-state index contributed by atoms with van der Waals surface area (Å²) >= 11 is 1.64. The molecule has 0 saturated carbocycles. The van der Waals surface area contributed by atoms with Crippen molar-refractivity contribution in [1.82, 2.24) is 4.98 Å². The lowest BCUT2D eigenvalue weighted by Gasteiger charge is -2.11. The molecule has 6 heteroatoms. The van der Waals surface area contributed by atoms with Gasteiger partial charge in [-0.25, -0.2) is 9.78 Å². The normalized spacial score (nSPS) is 10.3. The molecule has 0 spiro atoms. The van der Waals surface area contributed by atoms with Crippen LogP contribution in [0.25, 0.3) is 0 Å². The zero-order chi connectivity index (χ0) is 14.7. The Kier molecular flexibility index (Phi) is 4.24. The first-order valence-corrected chi connectivity index (χ1v) is 6.96. The van der Waals surface area contributed by atoms with Crippen molar-refractivity contribution in [1.29, 1.82) is 0 Å². The van der Waals surface area contributed by atoms with Crippen LogP contribution in [0.4, 0.5) is 11.4 Å². The number of nitrogens with zero attached hydrogens (tertiary/aromatic N) is 1. The molecule has 0 bridgehead atoms. The predicted octanol–water partition coefficient (Wildman–Crippen LogP) is 2.74. The van der Waals surface area contributed by atoms with Gasteiger partial charge < -0.3 is 15.8 Å². The van der Waals surface area contributed by atoms with Crippen LogP contribution in [0.2, 0.25) is 0 Å². The van der Waals surface area contributed by atoms with Crippen LogP contribution >= 0.6 is 11.3 Å². The summed E-state index contributed by atoms with van der Waals surface area (Å²) in [5.74, 6) is -0.431. The number of aryl methyl sites for hydroxylation is 2. The van der Waals surface area contributed by atoms with E-state index in [1.165, 1.54) is 12.0 Å². The number of carbonyl (C=O) groups is 1. The first-order valence-electron chi connectivity index (χ1n) is 6.15. The zero-order valence-electron chi connectivity index (χ0n) is 11.7. The third kappa shape index (κ3) is 3.08. The molecule has 1 aromatic carbocycles. The fourth-order valence-electron chi connectivity index (χ4n) is 1.84. The highest BCUT2D eigenvalue weighted by molar-refractivity contribution is 7.11. The Morgan fingerprint density at radius 1 is 1.45 bits per heavy atom. The fourth-order valence-corrected chi connectivity index (χ4v) is 2.57. The molecule has 0 aliphatic heterocycles. The number of methoxy groups -OCH3 is 1. The van der Waals surface area contributed by atoms with Gasteiger partial charge in [-0.3, -0.25) is 0 Å². The number of nitrogens with one attached hydrogen (secondary N) is 1. The van der Waals surface area contributed by atoms with E-state index in [-0.39, 0.29) is 0 Å². The quantitative estimate of drug-likeness (QED) is 0.669. The second kappa shape index (κ2) is 5.92. The van der Waals surface area contributed by atoms with Gasteiger partial charge >= 0.3 is 5.97 Å². The van der Waals surface area contributed by atoms with Gasteiger partial charge in [0.25, 0.3) is 0 Å². The highest BCUT2D eigenvalue weighted by Crippen LogP contribution is 2.24. The van der Waals surface area contributed by atoms with E-state index < -0.39 is 5.97 Å². The number of aromatic nitrogens is 1. The monoisotopic (exact) mass is 291 g/mol. The minimum Gasteiger partial charge on any atom is -0.465 e. The summed E-state index contributed by atoms with van der Waals surface area (Å²) < 4.78 is 4.74. The Hall–Kier alpha value is -2.08. The molecule has 0 saturated heterocycles. The number of thiazole rings is 1. The topological polar surface area (TPSA) is 77.2 Å². The molecule has 5 nitrogen and oxygen atoms in total. The smallest absolute Gasteiger partial charge is 0.340 e. The molecular weight excluding hydrogens is 274 g/mol. The molecule has 0 amide bonds. The lowest BCUT2D eigenvalue weighted by molar-refractivity contribution is 0.0602. The number of nitrogens with two attached hydrogens (primary N) is 1. The van der Waals surface area contributed by atoms with Crippen LogP contribution in [0.1, 0.15) is 25.8 Å². The summed E-state index contributed by atoms with van der Waals surface area (Å²) in [7, 11) is 1.34. The minimum absolute atomic E-state index is 0.380. The lowest BCUT2D eigenvalue weighted by atomic mass is 10.1. The summed E-state index contributed by atoms with van der Waals surface area (Å²) in [6.45, 7) is 4.49. The van der Waals surface area contributed by atoms with Gasteiger partial charge in [-0.2, -0.15) is 0 Å². The third-order valence-electron chi connectivity index (χ3n) is 2.91. The van der Waals surface area contributed by atoms with E-state index in [4.69, 9.17) is 10.5 Å². The summed E-state index contributed by atoms with van der Waals surface area (Å²) in [4.78, 5) is 17.1. The number of hydrogen-bond donors (Lipinski definition) is 2. The second-order valence-electron chi connectivity index (χ2n) is 4.46. The Labute approximate surface area is 121 Å². The Morgan fingerprint density at radius 2 is 2.20 bits per heavy atom. The van der Waals surface area contributed by atoms with E-state index in [1.54, 1.807) is 17.4 Å². The summed E-state index contributed by atoms with van der Waals surface area (Å²) in [6.07, 6.45) is 1.84. The number of rotatable bonds is 4. The first kappa shape index (κ1) is 14.3. The van der Waals surface area contributed by atoms with Gasteiger partial charge in [0.1, 0.15) is 5.01 Å². The Bertz CT molecular complexity index is 637. The first-order chi connectivity index (χ1) is 9.51. The molecule has 3 N–H and O–H groups in total. The van der Waals surface area contributed by atoms with Crippen molar-refractivity contribution in [3.05, 3.63) is 39.3 Å². The Morgan fingerprint density at radius 3 is 2.80 bits per heavy atom. The predicted molar refractivity (Wildman–Crippen MR) is 81.1 cm³/mol. The highest BCUT2D eigenvalue weighted by atomic mass is 32.1. The molecule has 2 aromatic rings. The van der Waals surface area contributed by atoms with Gasteiger partial charge in [0, 0.05) is 22.4 Å². The second-order valence-corrected chi connectivity index (χ2v) is 5.78. The van der Waals surface area contributed by atoms with Crippen LogP contribution in [-0.2, 0) is 11.3 Å². The standard InChI is InChI=1S/C14H17N3O2S/c1-8-4-10(5-11(13(8)15)14(18)19-3)16-7-12-17-6-9(2)20-12/h4-6,16H,7,15H2,1-3H3. The number of esters is 1. The molecular formula is C14H17N3O2S. The lowest BCUT2D eigenvalue weighted by Crippen LogP contribution is -2.09. The van der Waals surface area contributed by atoms with Crippen LogP contribution in [0, 0.1) is 13.8 Å². The van der Waals surface area contributed by atoms with Crippen LogP contribution in [0.3, 0.4) is 0 Å². The minimum atomic E-state index is -0.431. The molecule has 0 radical (unpaired) electrons. The van der Waals surface area contributed by atoms with Gasteiger partial charge in [-0.15, -0.1) is 11.3 Å². The molecule has 0 aliphatic carbocycles. The molecule has 0 aliphatic rings. The van der Waals surface area contributed by atoms with Crippen molar-refractivity contribution in [2.75, 3.05) is 18.2 Å².